The van der Waals surface area contributed by atoms with E-state index in [1.807, 2.05) is 43.3 Å². The molecule has 0 aliphatic heterocycles. The largest absolute Gasteiger partial charge is 0.493 e. The minimum absolute atomic E-state index is 0.487. The summed E-state index contributed by atoms with van der Waals surface area (Å²) >= 11 is 0. The smallest absolute Gasteiger partial charge is 0.229 e. The third kappa shape index (κ3) is 5.28. The molecule has 7 heteroatoms. The lowest BCUT2D eigenvalue weighted by molar-refractivity contribution is 0.324. The van der Waals surface area contributed by atoms with Crippen LogP contribution in [0.15, 0.2) is 48.5 Å². The van der Waals surface area contributed by atoms with Crippen molar-refractivity contribution in [1.82, 2.24) is 9.97 Å². The minimum atomic E-state index is 0.487. The summed E-state index contributed by atoms with van der Waals surface area (Å²) in [5, 5.41) is 6.58. The third-order valence-electron chi connectivity index (χ3n) is 4.34. The van der Waals surface area contributed by atoms with Crippen molar-refractivity contribution in [3.05, 3.63) is 59.8 Å². The van der Waals surface area contributed by atoms with Gasteiger partial charge in [-0.25, -0.2) is 4.98 Å². The van der Waals surface area contributed by atoms with Crippen LogP contribution in [-0.4, -0.2) is 37.8 Å². The molecule has 0 unspecified atom stereocenters. The number of nitrogens with zero attached hydrogens (tertiary/aromatic N) is 2. The lowest BCUT2D eigenvalue weighted by atomic mass is 10.1. The van der Waals surface area contributed by atoms with E-state index in [9.17, 15) is 0 Å². The average molecular weight is 394 g/mol. The summed E-state index contributed by atoms with van der Waals surface area (Å²) in [5.41, 5.74) is 2.87. The number of aryl methyl sites for hydroxylation is 1. The molecule has 1 heterocycles. The second-order valence-electron chi connectivity index (χ2n) is 6.42. The number of benzene rings is 2. The van der Waals surface area contributed by atoms with Crippen molar-refractivity contribution in [2.45, 2.75) is 13.3 Å². The monoisotopic (exact) mass is 394 g/mol. The van der Waals surface area contributed by atoms with E-state index >= 15 is 0 Å². The van der Waals surface area contributed by atoms with Crippen molar-refractivity contribution >= 4 is 17.5 Å². The van der Waals surface area contributed by atoms with Gasteiger partial charge in [0.25, 0.3) is 0 Å². The van der Waals surface area contributed by atoms with Gasteiger partial charge in [0.2, 0.25) is 11.7 Å². The fourth-order valence-corrected chi connectivity index (χ4v) is 2.98. The normalized spacial score (nSPS) is 10.3. The lowest BCUT2D eigenvalue weighted by Crippen LogP contribution is -2.09. The summed E-state index contributed by atoms with van der Waals surface area (Å²) < 4.78 is 16.2. The maximum atomic E-state index is 5.40. The molecule has 0 bridgehead atoms. The lowest BCUT2D eigenvalue weighted by Gasteiger charge is -2.15. The fraction of sp³-hybridized carbons (Fsp3) is 0.273. The Kier molecular flexibility index (Phi) is 6.73. The highest BCUT2D eigenvalue weighted by Crippen LogP contribution is 2.40. The molecule has 7 nitrogen and oxygen atoms in total. The molecule has 2 aromatic carbocycles. The van der Waals surface area contributed by atoms with Gasteiger partial charge in [-0.1, -0.05) is 30.3 Å². The summed E-state index contributed by atoms with van der Waals surface area (Å²) in [7, 11) is 4.74. The van der Waals surface area contributed by atoms with E-state index in [2.05, 4.69) is 32.7 Å². The zero-order valence-corrected chi connectivity index (χ0v) is 17.2. The topological polar surface area (TPSA) is 77.5 Å². The van der Waals surface area contributed by atoms with Gasteiger partial charge in [0.1, 0.15) is 5.82 Å². The van der Waals surface area contributed by atoms with Gasteiger partial charge in [-0.2, -0.15) is 4.98 Å². The Balaban J connectivity index is 1.74. The quantitative estimate of drug-likeness (QED) is 0.563. The van der Waals surface area contributed by atoms with Gasteiger partial charge in [-0.15, -0.1) is 0 Å². The Morgan fingerprint density at radius 3 is 2.17 bits per heavy atom. The second-order valence-corrected chi connectivity index (χ2v) is 6.42. The van der Waals surface area contributed by atoms with Crippen molar-refractivity contribution in [2.24, 2.45) is 0 Å². The molecule has 2 N–H and O–H groups in total. The number of hydrogen-bond donors (Lipinski definition) is 2. The van der Waals surface area contributed by atoms with Gasteiger partial charge in [-0.3, -0.25) is 0 Å². The van der Waals surface area contributed by atoms with Crippen LogP contribution < -0.4 is 24.8 Å². The van der Waals surface area contributed by atoms with E-state index in [0.717, 1.165) is 30.2 Å². The first-order valence-electron chi connectivity index (χ1n) is 9.33. The van der Waals surface area contributed by atoms with Gasteiger partial charge in [0.05, 0.1) is 21.3 Å². The molecule has 1 aromatic heterocycles. The number of rotatable bonds is 9. The van der Waals surface area contributed by atoms with E-state index in [1.165, 1.54) is 5.56 Å². The van der Waals surface area contributed by atoms with Crippen molar-refractivity contribution in [3.8, 4) is 17.2 Å². The fourth-order valence-electron chi connectivity index (χ4n) is 2.98. The Bertz CT molecular complexity index is 923. The predicted octanol–water partition coefficient (Wildman–Crippen LogP) is 4.21. The average Bonchev–Trinajstić information content (AvgIpc) is 2.73. The number of aromatic nitrogens is 2. The van der Waals surface area contributed by atoms with Crippen molar-refractivity contribution in [1.29, 1.82) is 0 Å². The first kappa shape index (κ1) is 20.3. The molecule has 0 aliphatic rings. The molecule has 0 saturated carbocycles. The van der Waals surface area contributed by atoms with Crippen molar-refractivity contribution < 1.29 is 14.2 Å². The molecule has 3 aromatic rings. The van der Waals surface area contributed by atoms with Crippen LogP contribution in [0.5, 0.6) is 17.2 Å². The van der Waals surface area contributed by atoms with E-state index in [0.29, 0.717) is 23.2 Å². The first-order chi connectivity index (χ1) is 14.1. The highest BCUT2D eigenvalue weighted by atomic mass is 16.5. The number of hydrogen-bond acceptors (Lipinski definition) is 7. The maximum absolute atomic E-state index is 5.40. The van der Waals surface area contributed by atoms with Crippen molar-refractivity contribution in [2.75, 3.05) is 38.5 Å². The van der Waals surface area contributed by atoms with Crippen LogP contribution >= 0.6 is 0 Å². The van der Waals surface area contributed by atoms with E-state index in [1.54, 1.807) is 21.3 Å². The highest BCUT2D eigenvalue weighted by molar-refractivity contribution is 5.66. The SMILES string of the molecule is COc1cc(Nc2nc(C)cc(NCCc3ccccc3)n2)cc(OC)c1OC. The van der Waals surface area contributed by atoms with Crippen LogP contribution in [0.1, 0.15) is 11.3 Å². The molecule has 0 fully saturated rings. The van der Waals surface area contributed by atoms with Crippen LogP contribution in [0.2, 0.25) is 0 Å². The van der Waals surface area contributed by atoms with Gasteiger partial charge in [0.15, 0.2) is 11.5 Å². The molecule has 0 saturated heterocycles. The summed E-state index contributed by atoms with van der Waals surface area (Å²) in [6.07, 6.45) is 0.916. The van der Waals surface area contributed by atoms with Crippen LogP contribution in [0.3, 0.4) is 0 Å². The van der Waals surface area contributed by atoms with Gasteiger partial charge in [0, 0.05) is 36.1 Å². The zero-order chi connectivity index (χ0) is 20.6. The van der Waals surface area contributed by atoms with Crippen LogP contribution in [0.25, 0.3) is 0 Å². The zero-order valence-electron chi connectivity index (χ0n) is 17.2. The van der Waals surface area contributed by atoms with E-state index in [-0.39, 0.29) is 0 Å². The second kappa shape index (κ2) is 9.64. The van der Waals surface area contributed by atoms with Crippen LogP contribution in [-0.2, 0) is 6.42 Å². The Labute approximate surface area is 171 Å². The molecule has 0 amide bonds. The van der Waals surface area contributed by atoms with E-state index < -0.39 is 0 Å². The van der Waals surface area contributed by atoms with Gasteiger partial charge < -0.3 is 24.8 Å². The summed E-state index contributed by atoms with van der Waals surface area (Å²) in [5.74, 6) is 2.91. The molecule has 0 atom stereocenters. The number of methoxy groups -OCH3 is 3. The molecular weight excluding hydrogens is 368 g/mol. The van der Waals surface area contributed by atoms with Crippen molar-refractivity contribution in [3.63, 3.8) is 0 Å². The Hall–Kier alpha value is -3.48. The first-order valence-corrected chi connectivity index (χ1v) is 9.33. The molecule has 29 heavy (non-hydrogen) atoms. The van der Waals surface area contributed by atoms with Gasteiger partial charge in [-0.05, 0) is 18.9 Å². The summed E-state index contributed by atoms with van der Waals surface area (Å²) in [6, 6.07) is 15.9. The Morgan fingerprint density at radius 2 is 1.55 bits per heavy atom. The number of ether oxygens (including phenoxy) is 3. The molecule has 0 spiro atoms. The molecule has 0 radical (unpaired) electrons. The third-order valence-corrected chi connectivity index (χ3v) is 4.34. The maximum Gasteiger partial charge on any atom is 0.229 e. The van der Waals surface area contributed by atoms with E-state index in [4.69, 9.17) is 14.2 Å². The van der Waals surface area contributed by atoms with Crippen LogP contribution in [0, 0.1) is 6.92 Å². The molecule has 0 aliphatic carbocycles. The van der Waals surface area contributed by atoms with Gasteiger partial charge >= 0.3 is 0 Å². The molecular formula is C22H26N4O3. The highest BCUT2D eigenvalue weighted by Gasteiger charge is 2.14. The summed E-state index contributed by atoms with van der Waals surface area (Å²) in [4.78, 5) is 9.04. The number of anilines is 3. The summed E-state index contributed by atoms with van der Waals surface area (Å²) in [6.45, 7) is 2.72. The number of nitrogens with one attached hydrogen (secondary N) is 2. The predicted molar refractivity (Wildman–Crippen MR) is 115 cm³/mol. The van der Waals surface area contributed by atoms with Crippen LogP contribution in [0.4, 0.5) is 17.5 Å². The minimum Gasteiger partial charge on any atom is -0.493 e. The Morgan fingerprint density at radius 1 is 0.862 bits per heavy atom. The standard InChI is InChI=1S/C22H26N4O3/c1-15-12-20(23-11-10-16-8-6-5-7-9-16)26-22(24-15)25-17-13-18(27-2)21(29-4)19(14-17)28-3/h5-9,12-14H,10-11H2,1-4H3,(H2,23,24,25,26). The molecule has 152 valence electrons. The molecule has 3 rings (SSSR count).